The van der Waals surface area contributed by atoms with Gasteiger partial charge in [0, 0.05) is 40.3 Å². The van der Waals surface area contributed by atoms with Crippen molar-refractivity contribution < 1.29 is 8.83 Å². The minimum Gasteiger partial charge on any atom is -0.472 e. The van der Waals surface area contributed by atoms with Gasteiger partial charge in [-0.25, -0.2) is 5.10 Å². The smallest absolute Gasteiger partial charge is 0.246 e. The molecule has 0 aliphatic rings. The highest BCUT2D eigenvalue weighted by atomic mass is 16.3. The summed E-state index contributed by atoms with van der Waals surface area (Å²) in [4.78, 5) is 6.31. The number of aromatic nitrogens is 6. The van der Waals surface area contributed by atoms with Crippen LogP contribution in [0.2, 0.25) is 0 Å². The summed E-state index contributed by atoms with van der Waals surface area (Å²) < 4.78 is 12.6. The summed E-state index contributed by atoms with van der Waals surface area (Å²) in [7, 11) is 5.63. The van der Waals surface area contributed by atoms with Crippen molar-refractivity contribution in [2.45, 2.75) is 12.8 Å². The maximum Gasteiger partial charge on any atom is 0.246 e. The van der Waals surface area contributed by atoms with E-state index in [1.54, 1.807) is 25.8 Å². The van der Waals surface area contributed by atoms with Gasteiger partial charge in [-0.1, -0.05) is 0 Å². The molecule has 0 aliphatic heterocycles. The maximum atomic E-state index is 5.63. The lowest BCUT2D eigenvalue weighted by atomic mass is 10.2. The van der Waals surface area contributed by atoms with Crippen LogP contribution in [0.4, 0.5) is 29.7 Å². The van der Waals surface area contributed by atoms with Crippen molar-refractivity contribution in [1.29, 1.82) is 0 Å². The highest BCUT2D eigenvalue weighted by molar-refractivity contribution is 5.50. The van der Waals surface area contributed by atoms with Crippen LogP contribution in [-0.4, -0.2) is 57.1 Å². The van der Waals surface area contributed by atoms with Gasteiger partial charge in [0.15, 0.2) is 5.88 Å². The van der Waals surface area contributed by atoms with E-state index in [0.717, 1.165) is 37.1 Å². The van der Waals surface area contributed by atoms with Crippen molar-refractivity contribution in [2.75, 3.05) is 48.0 Å². The van der Waals surface area contributed by atoms with Crippen LogP contribution in [0.25, 0.3) is 0 Å². The molecule has 0 radical (unpaired) electrons. The van der Waals surface area contributed by atoms with Crippen molar-refractivity contribution in [2.24, 2.45) is 7.05 Å². The fourth-order valence-corrected chi connectivity index (χ4v) is 2.96. The summed E-state index contributed by atoms with van der Waals surface area (Å²) >= 11 is 0. The Morgan fingerprint density at radius 1 is 1.16 bits per heavy atom. The standard InChI is InChI=1S/C19H26N10O2/c1-20-16-23-18(26-24-16)28(2)8-5-14-10-15(31-12-14)22-19-27-25-17(29(19)3)21-7-4-13-6-9-30-11-13/h6,9-12H,4-5,7-8H2,1-3H3,(H,21,25)(H,22,27)(H2,20,23,24,26). The molecule has 0 aromatic carbocycles. The van der Waals surface area contributed by atoms with Crippen LogP contribution in [-0.2, 0) is 19.9 Å². The molecule has 0 saturated carbocycles. The monoisotopic (exact) mass is 426 g/mol. The third kappa shape index (κ3) is 4.97. The Morgan fingerprint density at radius 3 is 2.81 bits per heavy atom. The van der Waals surface area contributed by atoms with Gasteiger partial charge in [0.05, 0.1) is 18.8 Å². The van der Waals surface area contributed by atoms with Crippen LogP contribution < -0.4 is 20.9 Å². The molecule has 0 aliphatic carbocycles. The minimum absolute atomic E-state index is 0.587. The molecular weight excluding hydrogens is 400 g/mol. The van der Waals surface area contributed by atoms with Crippen LogP contribution in [0.5, 0.6) is 0 Å². The normalized spacial score (nSPS) is 10.9. The second-order valence-corrected chi connectivity index (χ2v) is 7.06. The van der Waals surface area contributed by atoms with Crippen molar-refractivity contribution in [3.63, 3.8) is 0 Å². The largest absolute Gasteiger partial charge is 0.472 e. The Labute approximate surface area is 179 Å². The zero-order valence-electron chi connectivity index (χ0n) is 17.7. The number of H-pyrrole nitrogens is 1. The summed E-state index contributed by atoms with van der Waals surface area (Å²) in [5.41, 5.74) is 2.19. The molecule has 4 heterocycles. The van der Waals surface area contributed by atoms with Gasteiger partial charge in [0.1, 0.15) is 0 Å². The van der Waals surface area contributed by atoms with Crippen LogP contribution in [0.15, 0.2) is 39.8 Å². The summed E-state index contributed by atoms with van der Waals surface area (Å²) in [6.07, 6.45) is 6.76. The third-order valence-corrected chi connectivity index (χ3v) is 4.83. The number of hydrogen-bond acceptors (Lipinski definition) is 10. The topological polar surface area (TPSA) is 138 Å². The summed E-state index contributed by atoms with van der Waals surface area (Å²) in [5, 5.41) is 24.7. The highest BCUT2D eigenvalue weighted by Gasteiger charge is 2.12. The van der Waals surface area contributed by atoms with Crippen LogP contribution >= 0.6 is 0 Å². The van der Waals surface area contributed by atoms with E-state index >= 15 is 0 Å². The Hall–Kier alpha value is -3.96. The van der Waals surface area contributed by atoms with Gasteiger partial charge in [-0.3, -0.25) is 9.88 Å². The second kappa shape index (κ2) is 9.24. The molecule has 4 aromatic heterocycles. The first kappa shape index (κ1) is 20.3. The maximum absolute atomic E-state index is 5.63. The van der Waals surface area contributed by atoms with E-state index < -0.39 is 0 Å². The molecular formula is C19H26N10O2. The quantitative estimate of drug-likeness (QED) is 0.282. The Kier molecular flexibility index (Phi) is 6.05. The SMILES string of the molecule is CNc1nc(N(C)CCc2coc(Nc3nnc(NCCc4ccoc4)n3C)c2)n[nH]1. The summed E-state index contributed by atoms with van der Waals surface area (Å²) in [6, 6.07) is 3.90. The van der Waals surface area contributed by atoms with E-state index in [9.17, 15) is 0 Å². The first-order valence-corrected chi connectivity index (χ1v) is 9.92. The molecule has 4 rings (SSSR count). The molecule has 0 atom stereocenters. The number of likely N-dealkylation sites (N-methyl/N-ethyl adjacent to an activating group) is 1. The van der Waals surface area contributed by atoms with Crippen molar-refractivity contribution in [1.82, 2.24) is 29.9 Å². The molecule has 0 bridgehead atoms. The average Bonchev–Trinajstić information content (AvgIpc) is 3.57. The molecule has 0 amide bonds. The first-order chi connectivity index (χ1) is 15.1. The van der Waals surface area contributed by atoms with E-state index in [1.165, 1.54) is 0 Å². The Morgan fingerprint density at radius 2 is 2.03 bits per heavy atom. The number of furan rings is 2. The van der Waals surface area contributed by atoms with Crippen LogP contribution in [0.3, 0.4) is 0 Å². The lowest BCUT2D eigenvalue weighted by Crippen LogP contribution is -2.21. The predicted octanol–water partition coefficient (Wildman–Crippen LogP) is 2.24. The Bertz CT molecular complexity index is 1080. The highest BCUT2D eigenvalue weighted by Crippen LogP contribution is 2.20. The van der Waals surface area contributed by atoms with E-state index in [1.807, 2.05) is 35.7 Å². The van der Waals surface area contributed by atoms with Crippen molar-refractivity contribution in [3.05, 3.63) is 42.0 Å². The van der Waals surface area contributed by atoms with Gasteiger partial charge in [-0.05, 0) is 30.0 Å². The van der Waals surface area contributed by atoms with Gasteiger partial charge in [-0.15, -0.1) is 15.3 Å². The third-order valence-electron chi connectivity index (χ3n) is 4.83. The molecule has 4 N–H and O–H groups in total. The van der Waals surface area contributed by atoms with Crippen LogP contribution in [0.1, 0.15) is 11.1 Å². The lowest BCUT2D eigenvalue weighted by molar-refractivity contribution is 0.564. The molecule has 0 spiro atoms. The van der Waals surface area contributed by atoms with E-state index in [0.29, 0.717) is 29.7 Å². The minimum atomic E-state index is 0.587. The average molecular weight is 426 g/mol. The molecule has 12 heteroatoms. The zero-order chi connectivity index (χ0) is 21.6. The molecule has 0 saturated heterocycles. The fraction of sp³-hybridized carbons (Fsp3) is 0.368. The van der Waals surface area contributed by atoms with Gasteiger partial charge < -0.3 is 24.4 Å². The first-order valence-electron chi connectivity index (χ1n) is 9.92. The number of hydrogen-bond donors (Lipinski definition) is 4. The van der Waals surface area contributed by atoms with E-state index in [2.05, 4.69) is 41.3 Å². The molecule has 0 fully saturated rings. The number of anilines is 5. The molecule has 164 valence electrons. The van der Waals surface area contributed by atoms with Gasteiger partial charge >= 0.3 is 0 Å². The predicted molar refractivity (Wildman–Crippen MR) is 117 cm³/mol. The van der Waals surface area contributed by atoms with Crippen molar-refractivity contribution in [3.8, 4) is 0 Å². The lowest BCUT2D eigenvalue weighted by Gasteiger charge is -2.13. The molecule has 4 aromatic rings. The second-order valence-electron chi connectivity index (χ2n) is 7.06. The van der Waals surface area contributed by atoms with Crippen molar-refractivity contribution >= 4 is 29.7 Å². The number of aromatic amines is 1. The van der Waals surface area contributed by atoms with E-state index in [-0.39, 0.29) is 0 Å². The molecule has 12 nitrogen and oxygen atoms in total. The van der Waals surface area contributed by atoms with Gasteiger partial charge in [0.2, 0.25) is 23.8 Å². The summed E-state index contributed by atoms with van der Waals surface area (Å²) in [5.74, 6) is 3.14. The van der Waals surface area contributed by atoms with E-state index in [4.69, 9.17) is 8.83 Å². The Balaban J connectivity index is 1.28. The molecule has 0 unspecified atom stereocenters. The van der Waals surface area contributed by atoms with Crippen LogP contribution in [0, 0.1) is 0 Å². The number of rotatable bonds is 11. The zero-order valence-corrected chi connectivity index (χ0v) is 17.7. The number of nitrogens with zero attached hydrogens (tertiary/aromatic N) is 6. The van der Waals surface area contributed by atoms with Gasteiger partial charge in [0.25, 0.3) is 0 Å². The van der Waals surface area contributed by atoms with Gasteiger partial charge in [-0.2, -0.15) is 4.98 Å². The summed E-state index contributed by atoms with van der Waals surface area (Å²) in [6.45, 7) is 1.47. The number of nitrogens with one attached hydrogen (secondary N) is 4. The molecule has 31 heavy (non-hydrogen) atoms. The fourth-order valence-electron chi connectivity index (χ4n) is 2.96.